The summed E-state index contributed by atoms with van der Waals surface area (Å²) in [6.07, 6.45) is 0.987. The highest BCUT2D eigenvalue weighted by Gasteiger charge is 2.29. The molecule has 5 N–H and O–H groups in total. The smallest absolute Gasteiger partial charge is 0.260 e. The predicted molar refractivity (Wildman–Crippen MR) is 94.1 cm³/mol. The Balaban J connectivity index is 2.18. The van der Waals surface area contributed by atoms with E-state index in [0.29, 0.717) is 47.5 Å². The number of aliphatic hydroxyl groups excluding tert-OH is 1. The zero-order valence-corrected chi connectivity index (χ0v) is 14.5. The Hall–Kier alpha value is -1.93. The van der Waals surface area contributed by atoms with Crippen molar-refractivity contribution < 1.29 is 14.3 Å². The minimum absolute atomic E-state index is 0.191. The first-order valence-electron chi connectivity index (χ1n) is 7.83. The van der Waals surface area contributed by atoms with E-state index in [9.17, 15) is 14.3 Å². The number of primary amides is 1. The number of aromatic nitrogens is 1. The second-order valence-electron chi connectivity index (χ2n) is 6.61. The molecule has 24 heavy (non-hydrogen) atoms. The summed E-state index contributed by atoms with van der Waals surface area (Å²) in [6.45, 7) is 4.20. The average molecular weight is 352 g/mol. The number of nitrogens with two attached hydrogens (primary N) is 2. The van der Waals surface area contributed by atoms with Crippen molar-refractivity contribution in [2.45, 2.75) is 38.5 Å². The van der Waals surface area contributed by atoms with Crippen molar-refractivity contribution in [2.24, 2.45) is 5.73 Å². The Bertz CT molecular complexity index is 791. The summed E-state index contributed by atoms with van der Waals surface area (Å²) in [4.78, 5) is 18.9. The van der Waals surface area contributed by atoms with Gasteiger partial charge in [-0.2, -0.15) is 0 Å². The van der Waals surface area contributed by atoms with Crippen molar-refractivity contribution in [3.05, 3.63) is 16.5 Å². The molecule has 0 bridgehead atoms. The molecule has 1 saturated heterocycles. The molecule has 0 spiro atoms. The number of thiophene rings is 1. The van der Waals surface area contributed by atoms with E-state index in [2.05, 4.69) is 4.98 Å². The van der Waals surface area contributed by atoms with Crippen LogP contribution in [-0.2, 0) is 5.67 Å². The number of carbonyl (C=O) groups excluding carboxylic acids is 1. The third kappa shape index (κ3) is 2.91. The molecule has 1 aliphatic rings. The molecule has 0 atom stereocenters. The van der Waals surface area contributed by atoms with E-state index in [4.69, 9.17) is 11.5 Å². The molecule has 1 aliphatic heterocycles. The van der Waals surface area contributed by atoms with Gasteiger partial charge in [0.15, 0.2) is 0 Å². The summed E-state index contributed by atoms with van der Waals surface area (Å²) < 4.78 is 14.8. The Kier molecular flexibility index (Phi) is 4.13. The molecule has 0 saturated carbocycles. The SMILES string of the molecule is CC(C)(F)c1cc(N2CCC(O)CC2)nc2sc(C(N)=O)c(N)c12. The largest absolute Gasteiger partial charge is 0.397 e. The minimum atomic E-state index is -1.64. The van der Waals surface area contributed by atoms with Gasteiger partial charge in [0.25, 0.3) is 5.91 Å². The van der Waals surface area contributed by atoms with Crippen molar-refractivity contribution in [1.29, 1.82) is 0 Å². The normalized spacial score (nSPS) is 16.8. The van der Waals surface area contributed by atoms with Gasteiger partial charge in [0.1, 0.15) is 21.2 Å². The number of rotatable bonds is 3. The van der Waals surface area contributed by atoms with Crippen LogP contribution in [0, 0.1) is 0 Å². The number of fused-ring (bicyclic) bond motifs is 1. The zero-order chi connectivity index (χ0) is 17.6. The van der Waals surface area contributed by atoms with Crippen LogP contribution in [0.3, 0.4) is 0 Å². The first-order chi connectivity index (χ1) is 11.2. The van der Waals surface area contributed by atoms with Crippen LogP contribution in [-0.4, -0.2) is 35.2 Å². The lowest BCUT2D eigenvalue weighted by molar-refractivity contribution is 0.100. The second kappa shape index (κ2) is 5.86. The standard InChI is InChI=1S/C16H21FN4O2S/c1-16(2,17)9-7-10(21-5-3-8(22)4-6-21)20-15-11(9)12(18)13(24-15)14(19)23/h7-8,22H,3-6,18H2,1-2H3,(H2,19,23). The molecule has 8 heteroatoms. The van der Waals surface area contributed by atoms with Crippen LogP contribution < -0.4 is 16.4 Å². The number of alkyl halides is 1. The molecule has 0 aromatic carbocycles. The maximum absolute atomic E-state index is 14.8. The number of pyridine rings is 1. The van der Waals surface area contributed by atoms with Crippen LogP contribution in [0.15, 0.2) is 6.07 Å². The molecule has 2 aromatic rings. The van der Waals surface area contributed by atoms with Gasteiger partial charge < -0.3 is 21.5 Å². The predicted octanol–water partition coefficient (Wildman–Crippen LogP) is 2.14. The summed E-state index contributed by atoms with van der Waals surface area (Å²) in [5, 5.41) is 10.1. The first-order valence-corrected chi connectivity index (χ1v) is 8.65. The van der Waals surface area contributed by atoms with Gasteiger partial charge in [-0.15, -0.1) is 11.3 Å². The number of nitrogens with zero attached hydrogens (tertiary/aromatic N) is 2. The van der Waals surface area contributed by atoms with Crippen molar-refractivity contribution >= 4 is 39.0 Å². The van der Waals surface area contributed by atoms with Crippen LogP contribution in [0.25, 0.3) is 10.2 Å². The van der Waals surface area contributed by atoms with Gasteiger partial charge >= 0.3 is 0 Å². The molecule has 3 rings (SSSR count). The van der Waals surface area contributed by atoms with Gasteiger partial charge in [0, 0.05) is 24.0 Å². The number of piperidine rings is 1. The van der Waals surface area contributed by atoms with Gasteiger partial charge in [-0.3, -0.25) is 4.79 Å². The Morgan fingerprint density at radius 1 is 1.46 bits per heavy atom. The molecule has 3 heterocycles. The fourth-order valence-corrected chi connectivity index (χ4v) is 3.98. The number of carbonyl (C=O) groups is 1. The minimum Gasteiger partial charge on any atom is -0.397 e. The molecular formula is C16H21FN4O2S. The fraction of sp³-hybridized carbons (Fsp3) is 0.500. The van der Waals surface area contributed by atoms with E-state index in [-0.39, 0.29) is 16.7 Å². The second-order valence-corrected chi connectivity index (χ2v) is 7.61. The summed E-state index contributed by atoms with van der Waals surface area (Å²) in [6, 6.07) is 1.69. The summed E-state index contributed by atoms with van der Waals surface area (Å²) in [5.41, 5.74) is 10.4. The van der Waals surface area contributed by atoms with Gasteiger partial charge in [-0.1, -0.05) is 0 Å². The van der Waals surface area contributed by atoms with E-state index in [1.54, 1.807) is 6.07 Å². The van der Waals surface area contributed by atoms with Gasteiger partial charge in [0.05, 0.1) is 11.8 Å². The highest BCUT2D eigenvalue weighted by Crippen LogP contribution is 2.41. The van der Waals surface area contributed by atoms with E-state index in [1.807, 2.05) is 4.90 Å². The lowest BCUT2D eigenvalue weighted by atomic mass is 9.96. The third-order valence-electron chi connectivity index (χ3n) is 4.34. The van der Waals surface area contributed by atoms with Crippen LogP contribution >= 0.6 is 11.3 Å². The molecule has 0 aliphatic carbocycles. The molecule has 1 fully saturated rings. The van der Waals surface area contributed by atoms with Crippen molar-refractivity contribution in [2.75, 3.05) is 23.7 Å². The zero-order valence-electron chi connectivity index (χ0n) is 13.7. The van der Waals surface area contributed by atoms with E-state index < -0.39 is 11.6 Å². The molecule has 1 amide bonds. The Morgan fingerprint density at radius 3 is 2.62 bits per heavy atom. The maximum Gasteiger partial charge on any atom is 0.260 e. The topological polar surface area (TPSA) is 105 Å². The van der Waals surface area contributed by atoms with Crippen molar-refractivity contribution in [3.8, 4) is 0 Å². The third-order valence-corrected chi connectivity index (χ3v) is 5.45. The van der Waals surface area contributed by atoms with Gasteiger partial charge in [-0.05, 0) is 32.8 Å². The number of hydrogen-bond donors (Lipinski definition) is 3. The summed E-state index contributed by atoms with van der Waals surface area (Å²) in [5.74, 6) is -0.00634. The van der Waals surface area contributed by atoms with Gasteiger partial charge in [-0.25, -0.2) is 9.37 Å². The maximum atomic E-state index is 14.8. The monoisotopic (exact) mass is 352 g/mol. The highest BCUT2D eigenvalue weighted by molar-refractivity contribution is 7.21. The molecule has 2 aromatic heterocycles. The number of aliphatic hydroxyl groups is 1. The first kappa shape index (κ1) is 16.9. The van der Waals surface area contributed by atoms with Crippen LogP contribution in [0.2, 0.25) is 0 Å². The van der Waals surface area contributed by atoms with E-state index in [1.165, 1.54) is 13.8 Å². The van der Waals surface area contributed by atoms with Crippen LogP contribution in [0.5, 0.6) is 0 Å². The highest BCUT2D eigenvalue weighted by atomic mass is 32.1. The number of nitrogen functional groups attached to an aromatic ring is 1. The summed E-state index contributed by atoms with van der Waals surface area (Å²) >= 11 is 1.09. The fourth-order valence-electron chi connectivity index (χ4n) is 3.02. The lowest BCUT2D eigenvalue weighted by Gasteiger charge is -2.31. The molecule has 130 valence electrons. The quantitative estimate of drug-likeness (QED) is 0.785. The molecule has 6 nitrogen and oxygen atoms in total. The summed E-state index contributed by atoms with van der Waals surface area (Å²) in [7, 11) is 0. The number of amides is 1. The number of anilines is 2. The number of hydrogen-bond acceptors (Lipinski definition) is 6. The molecule has 0 unspecified atom stereocenters. The molecule has 0 radical (unpaired) electrons. The van der Waals surface area contributed by atoms with E-state index in [0.717, 1.165) is 11.3 Å². The Labute approximate surface area is 143 Å². The average Bonchev–Trinajstić information content (AvgIpc) is 2.83. The number of halogens is 1. The van der Waals surface area contributed by atoms with Crippen LogP contribution in [0.1, 0.15) is 41.9 Å². The lowest BCUT2D eigenvalue weighted by Crippen LogP contribution is -2.36. The van der Waals surface area contributed by atoms with Crippen molar-refractivity contribution in [3.63, 3.8) is 0 Å². The van der Waals surface area contributed by atoms with Gasteiger partial charge in [0.2, 0.25) is 0 Å². The Morgan fingerprint density at radius 2 is 2.08 bits per heavy atom. The van der Waals surface area contributed by atoms with E-state index >= 15 is 0 Å². The molecular weight excluding hydrogens is 331 g/mol. The van der Waals surface area contributed by atoms with Crippen LogP contribution in [0.4, 0.5) is 15.9 Å². The van der Waals surface area contributed by atoms with Crippen molar-refractivity contribution in [1.82, 2.24) is 4.98 Å².